The van der Waals surface area contributed by atoms with Crippen molar-refractivity contribution in [2.75, 3.05) is 13.1 Å². The van der Waals surface area contributed by atoms with Crippen molar-refractivity contribution in [3.8, 4) is 0 Å². The van der Waals surface area contributed by atoms with Gasteiger partial charge in [-0.2, -0.15) is 0 Å². The van der Waals surface area contributed by atoms with Crippen molar-refractivity contribution in [3.05, 3.63) is 35.9 Å². The Kier molecular flexibility index (Phi) is 4.76. The van der Waals surface area contributed by atoms with Gasteiger partial charge >= 0.3 is 5.97 Å². The molecule has 2 rings (SSSR count). The fraction of sp³-hybridized carbons (Fsp3) is 0.533. The molecule has 1 aromatic rings. The van der Waals surface area contributed by atoms with Gasteiger partial charge in [0.2, 0.25) is 0 Å². The summed E-state index contributed by atoms with van der Waals surface area (Å²) in [5.74, 6) is -0.704. The average molecular weight is 247 g/mol. The Morgan fingerprint density at radius 2 is 1.94 bits per heavy atom. The van der Waals surface area contributed by atoms with E-state index in [1.165, 1.54) is 18.4 Å². The Balaban J connectivity index is 1.65. The van der Waals surface area contributed by atoms with Gasteiger partial charge in [-0.15, -0.1) is 0 Å². The lowest BCUT2D eigenvalue weighted by Crippen LogP contribution is -2.32. The van der Waals surface area contributed by atoms with E-state index in [0.717, 1.165) is 25.8 Å². The molecule has 0 unspecified atom stereocenters. The number of hydrogen-bond donors (Lipinski definition) is 1. The first-order valence-corrected chi connectivity index (χ1v) is 6.75. The van der Waals surface area contributed by atoms with Crippen LogP contribution in [0.2, 0.25) is 0 Å². The molecule has 1 saturated carbocycles. The quantitative estimate of drug-likeness (QED) is 0.718. The van der Waals surface area contributed by atoms with Crippen LogP contribution in [0.5, 0.6) is 0 Å². The van der Waals surface area contributed by atoms with Crippen LogP contribution < -0.4 is 0 Å². The van der Waals surface area contributed by atoms with E-state index in [1.54, 1.807) is 0 Å². The molecule has 1 aliphatic rings. The maximum atomic E-state index is 10.8. The van der Waals surface area contributed by atoms with Gasteiger partial charge in [0, 0.05) is 6.04 Å². The average Bonchev–Trinajstić information content (AvgIpc) is 3.18. The number of rotatable bonds is 8. The molecule has 0 aliphatic heterocycles. The number of unbranched alkanes of at least 4 members (excludes halogenated alkanes) is 1. The van der Waals surface area contributed by atoms with E-state index in [2.05, 4.69) is 29.2 Å². The van der Waals surface area contributed by atoms with Gasteiger partial charge in [-0.1, -0.05) is 30.3 Å². The van der Waals surface area contributed by atoms with E-state index in [-0.39, 0.29) is 6.54 Å². The number of carboxylic acid groups (broad SMARTS) is 1. The molecular formula is C15H21NO2. The van der Waals surface area contributed by atoms with Gasteiger partial charge in [0.05, 0.1) is 6.54 Å². The van der Waals surface area contributed by atoms with E-state index in [9.17, 15) is 4.79 Å². The van der Waals surface area contributed by atoms with Crippen LogP contribution >= 0.6 is 0 Å². The summed E-state index contributed by atoms with van der Waals surface area (Å²) < 4.78 is 0. The zero-order chi connectivity index (χ0) is 12.8. The molecule has 3 nitrogen and oxygen atoms in total. The van der Waals surface area contributed by atoms with Crippen molar-refractivity contribution in [1.29, 1.82) is 0 Å². The zero-order valence-electron chi connectivity index (χ0n) is 10.7. The molecule has 0 saturated heterocycles. The van der Waals surface area contributed by atoms with E-state index in [0.29, 0.717) is 6.04 Å². The fourth-order valence-electron chi connectivity index (χ4n) is 2.29. The number of hydrogen-bond acceptors (Lipinski definition) is 2. The Morgan fingerprint density at radius 3 is 2.56 bits per heavy atom. The topological polar surface area (TPSA) is 40.5 Å². The fourth-order valence-corrected chi connectivity index (χ4v) is 2.29. The summed E-state index contributed by atoms with van der Waals surface area (Å²) >= 11 is 0. The summed E-state index contributed by atoms with van der Waals surface area (Å²) in [7, 11) is 0. The molecule has 0 heterocycles. The number of aryl methyl sites for hydroxylation is 1. The second-order valence-electron chi connectivity index (χ2n) is 5.04. The summed E-state index contributed by atoms with van der Waals surface area (Å²) in [6.45, 7) is 1.12. The van der Waals surface area contributed by atoms with Gasteiger partial charge in [-0.25, -0.2) is 0 Å². The molecule has 1 aliphatic carbocycles. The predicted octanol–water partition coefficient (Wildman–Crippen LogP) is 2.56. The van der Waals surface area contributed by atoms with Crippen LogP contribution in [0.15, 0.2) is 30.3 Å². The molecule has 3 heteroatoms. The van der Waals surface area contributed by atoms with Crippen LogP contribution in [0.1, 0.15) is 31.2 Å². The van der Waals surface area contributed by atoms with Gasteiger partial charge in [0.1, 0.15) is 0 Å². The first-order chi connectivity index (χ1) is 8.75. The Hall–Kier alpha value is -1.35. The van der Waals surface area contributed by atoms with Crippen molar-refractivity contribution in [1.82, 2.24) is 4.90 Å². The smallest absolute Gasteiger partial charge is 0.317 e. The minimum absolute atomic E-state index is 0.204. The van der Waals surface area contributed by atoms with Crippen LogP contribution in [-0.2, 0) is 11.2 Å². The van der Waals surface area contributed by atoms with Crippen LogP contribution in [0.25, 0.3) is 0 Å². The van der Waals surface area contributed by atoms with Crippen LogP contribution in [0.4, 0.5) is 0 Å². The van der Waals surface area contributed by atoms with Crippen molar-refractivity contribution in [2.24, 2.45) is 0 Å². The molecule has 18 heavy (non-hydrogen) atoms. The molecule has 0 amide bonds. The summed E-state index contributed by atoms with van der Waals surface area (Å²) in [4.78, 5) is 12.9. The third-order valence-corrected chi connectivity index (χ3v) is 3.41. The molecule has 1 aromatic carbocycles. The lowest BCUT2D eigenvalue weighted by Gasteiger charge is -2.19. The van der Waals surface area contributed by atoms with E-state index < -0.39 is 5.97 Å². The maximum Gasteiger partial charge on any atom is 0.317 e. The van der Waals surface area contributed by atoms with Gasteiger partial charge < -0.3 is 5.11 Å². The molecule has 98 valence electrons. The highest BCUT2D eigenvalue weighted by Crippen LogP contribution is 2.26. The number of aliphatic carboxylic acids is 1. The standard InChI is InChI=1S/C15H21NO2/c17-15(18)12-16(14-9-10-14)11-5-4-8-13-6-2-1-3-7-13/h1-3,6-7,14H,4-5,8-12H2,(H,17,18). The third-order valence-electron chi connectivity index (χ3n) is 3.41. The zero-order valence-corrected chi connectivity index (χ0v) is 10.7. The lowest BCUT2D eigenvalue weighted by molar-refractivity contribution is -0.138. The highest BCUT2D eigenvalue weighted by atomic mass is 16.4. The van der Waals surface area contributed by atoms with Gasteiger partial charge in [0.15, 0.2) is 0 Å². The number of carboxylic acids is 1. The second kappa shape index (κ2) is 6.55. The molecule has 0 atom stereocenters. The van der Waals surface area contributed by atoms with Crippen molar-refractivity contribution in [2.45, 2.75) is 38.1 Å². The van der Waals surface area contributed by atoms with Gasteiger partial charge in [-0.05, 0) is 44.2 Å². The Bertz CT molecular complexity index is 373. The molecule has 0 spiro atoms. The molecular weight excluding hydrogens is 226 g/mol. The molecule has 0 bridgehead atoms. The first-order valence-electron chi connectivity index (χ1n) is 6.75. The summed E-state index contributed by atoms with van der Waals surface area (Å²) in [5, 5.41) is 8.85. The normalized spacial score (nSPS) is 14.9. The molecule has 0 radical (unpaired) electrons. The minimum Gasteiger partial charge on any atom is -0.480 e. The van der Waals surface area contributed by atoms with E-state index in [4.69, 9.17) is 5.11 Å². The highest BCUT2D eigenvalue weighted by Gasteiger charge is 2.29. The van der Waals surface area contributed by atoms with Gasteiger partial charge in [0.25, 0.3) is 0 Å². The summed E-state index contributed by atoms with van der Waals surface area (Å²) in [6, 6.07) is 11.0. The van der Waals surface area contributed by atoms with Crippen LogP contribution in [0, 0.1) is 0 Å². The third kappa shape index (κ3) is 4.49. The SMILES string of the molecule is O=C(O)CN(CCCCc1ccccc1)C1CC1. The Labute approximate surface area is 108 Å². The summed E-state index contributed by atoms with van der Waals surface area (Å²) in [5.41, 5.74) is 1.37. The summed E-state index contributed by atoms with van der Waals surface area (Å²) in [6.07, 6.45) is 5.65. The molecule has 0 aromatic heterocycles. The molecule has 1 fully saturated rings. The van der Waals surface area contributed by atoms with E-state index in [1.807, 2.05) is 6.07 Å². The number of carbonyl (C=O) groups is 1. The van der Waals surface area contributed by atoms with Crippen molar-refractivity contribution < 1.29 is 9.90 Å². The molecule has 1 N–H and O–H groups in total. The van der Waals surface area contributed by atoms with Gasteiger partial charge in [-0.3, -0.25) is 9.69 Å². The number of benzene rings is 1. The maximum absolute atomic E-state index is 10.8. The first kappa shape index (κ1) is 13.1. The second-order valence-corrected chi connectivity index (χ2v) is 5.04. The monoisotopic (exact) mass is 247 g/mol. The van der Waals surface area contributed by atoms with Crippen LogP contribution in [-0.4, -0.2) is 35.1 Å². The predicted molar refractivity (Wildman–Crippen MR) is 71.6 cm³/mol. The van der Waals surface area contributed by atoms with Crippen molar-refractivity contribution >= 4 is 5.97 Å². The van der Waals surface area contributed by atoms with Crippen LogP contribution in [0.3, 0.4) is 0 Å². The minimum atomic E-state index is -0.704. The number of nitrogens with zero attached hydrogens (tertiary/aromatic N) is 1. The highest BCUT2D eigenvalue weighted by molar-refractivity contribution is 5.69. The Morgan fingerprint density at radius 1 is 1.22 bits per heavy atom. The van der Waals surface area contributed by atoms with Crippen molar-refractivity contribution in [3.63, 3.8) is 0 Å². The largest absolute Gasteiger partial charge is 0.480 e. The lowest BCUT2D eigenvalue weighted by atomic mass is 10.1. The van der Waals surface area contributed by atoms with E-state index >= 15 is 0 Å².